The molecule has 0 aliphatic carbocycles. The van der Waals surface area contributed by atoms with E-state index < -0.39 is 23.6 Å². The maximum absolute atomic E-state index is 10.4. The van der Waals surface area contributed by atoms with Gasteiger partial charge in [0.2, 0.25) is 5.79 Å². The van der Waals surface area contributed by atoms with Crippen LogP contribution < -0.4 is 0 Å². The zero-order chi connectivity index (χ0) is 13.8. The van der Waals surface area contributed by atoms with E-state index in [0.717, 1.165) is 0 Å². The van der Waals surface area contributed by atoms with Gasteiger partial charge < -0.3 is 24.4 Å². The third kappa shape index (κ3) is 2.18. The highest BCUT2D eigenvalue weighted by Crippen LogP contribution is 2.47. The summed E-state index contributed by atoms with van der Waals surface area (Å²) in [5.41, 5.74) is -0.917. The molecular formula is C13H26O5. The highest BCUT2D eigenvalue weighted by Gasteiger charge is 2.65. The van der Waals surface area contributed by atoms with Gasteiger partial charge in [0.25, 0.3) is 0 Å². The highest BCUT2D eigenvalue weighted by atomic mass is 16.7. The Morgan fingerprint density at radius 2 is 1.67 bits per heavy atom. The van der Waals surface area contributed by atoms with Crippen molar-refractivity contribution < 1.29 is 24.4 Å². The summed E-state index contributed by atoms with van der Waals surface area (Å²) in [6.07, 6.45) is -0.434. The fourth-order valence-electron chi connectivity index (χ4n) is 2.98. The summed E-state index contributed by atoms with van der Waals surface area (Å²) in [5.74, 6) is -0.987. The summed E-state index contributed by atoms with van der Waals surface area (Å²) >= 11 is 0. The molecule has 0 bridgehead atoms. The predicted octanol–water partition coefficient (Wildman–Crippen LogP) is 1.07. The van der Waals surface area contributed by atoms with Crippen LogP contribution in [0.5, 0.6) is 0 Å². The van der Waals surface area contributed by atoms with E-state index in [0.29, 0.717) is 26.1 Å². The van der Waals surface area contributed by atoms with Crippen LogP contribution >= 0.6 is 0 Å². The van der Waals surface area contributed by atoms with Gasteiger partial charge in [-0.05, 0) is 20.3 Å². The summed E-state index contributed by atoms with van der Waals surface area (Å²) < 4.78 is 17.4. The Morgan fingerprint density at radius 1 is 1.06 bits per heavy atom. The van der Waals surface area contributed by atoms with Gasteiger partial charge in [-0.1, -0.05) is 13.8 Å². The average molecular weight is 262 g/mol. The van der Waals surface area contributed by atoms with E-state index in [4.69, 9.17) is 14.2 Å². The van der Waals surface area contributed by atoms with Gasteiger partial charge in [-0.2, -0.15) is 0 Å². The molecule has 1 rings (SSSR count). The molecule has 0 saturated carbocycles. The molecule has 0 aromatic heterocycles. The maximum Gasteiger partial charge on any atom is 0.200 e. The molecule has 1 unspecified atom stereocenters. The van der Waals surface area contributed by atoms with Crippen LogP contribution in [0.4, 0.5) is 0 Å². The van der Waals surface area contributed by atoms with Gasteiger partial charge in [0.05, 0.1) is 6.61 Å². The first kappa shape index (κ1) is 15.9. The molecule has 0 radical (unpaired) electrons. The Bertz CT molecular complexity index is 260. The molecule has 0 spiro atoms. The first-order chi connectivity index (χ1) is 8.57. The fraction of sp³-hybridized carbons (Fsp3) is 1.00. The second-order valence-electron chi connectivity index (χ2n) is 4.50. The topological polar surface area (TPSA) is 68.2 Å². The van der Waals surface area contributed by atoms with Gasteiger partial charge in [-0.25, -0.2) is 0 Å². The molecule has 5 nitrogen and oxygen atoms in total. The Balaban J connectivity index is 3.18. The minimum atomic E-state index is -0.987. The Morgan fingerprint density at radius 3 is 2.06 bits per heavy atom. The van der Waals surface area contributed by atoms with E-state index in [-0.39, 0.29) is 6.61 Å². The van der Waals surface area contributed by atoms with Crippen molar-refractivity contribution in [3.8, 4) is 0 Å². The number of rotatable bonds is 7. The van der Waals surface area contributed by atoms with Crippen molar-refractivity contribution in [1.29, 1.82) is 0 Å². The number of aliphatic hydroxyl groups excluding tert-OH is 2. The average Bonchev–Trinajstić information content (AvgIpc) is 2.62. The van der Waals surface area contributed by atoms with Crippen LogP contribution in [0.25, 0.3) is 0 Å². The minimum absolute atomic E-state index is 0.245. The van der Waals surface area contributed by atoms with Gasteiger partial charge in [0, 0.05) is 19.6 Å². The lowest BCUT2D eigenvalue weighted by molar-refractivity contribution is -0.305. The lowest BCUT2D eigenvalue weighted by atomic mass is 9.83. The number of aliphatic hydroxyl groups is 2. The highest BCUT2D eigenvalue weighted by molar-refractivity contribution is 5.09. The van der Waals surface area contributed by atoms with Gasteiger partial charge in [0.1, 0.15) is 17.8 Å². The number of ether oxygens (including phenoxy) is 3. The zero-order valence-corrected chi connectivity index (χ0v) is 11.8. The molecule has 1 aliphatic heterocycles. The van der Waals surface area contributed by atoms with Crippen LogP contribution in [-0.4, -0.2) is 53.6 Å². The van der Waals surface area contributed by atoms with Crippen LogP contribution in [0.15, 0.2) is 0 Å². The summed E-state index contributed by atoms with van der Waals surface area (Å²) in [4.78, 5) is 0. The quantitative estimate of drug-likeness (QED) is 0.718. The van der Waals surface area contributed by atoms with E-state index in [2.05, 4.69) is 0 Å². The van der Waals surface area contributed by atoms with E-state index >= 15 is 0 Å². The molecule has 0 aromatic carbocycles. The molecule has 1 saturated heterocycles. The van der Waals surface area contributed by atoms with Gasteiger partial charge >= 0.3 is 0 Å². The summed E-state index contributed by atoms with van der Waals surface area (Å²) in [6, 6.07) is 0. The standard InChI is InChI=1S/C13H26O5/c1-5-12(16-7-3)11(15)10(9-14)18-13(12,6-2)17-8-4/h10-11,14-15H,5-9H2,1-4H3/t10-,11-,12-,13?/m1/s1. The van der Waals surface area contributed by atoms with Crippen LogP contribution in [0.2, 0.25) is 0 Å². The second-order valence-corrected chi connectivity index (χ2v) is 4.50. The molecule has 1 heterocycles. The summed E-state index contributed by atoms with van der Waals surface area (Å²) in [7, 11) is 0. The SMILES string of the molecule is CCOC1(CC)O[C@H](CO)[C@@H](O)[C@@]1(CC)OCC. The minimum Gasteiger partial charge on any atom is -0.394 e. The summed E-state index contributed by atoms with van der Waals surface area (Å²) in [5, 5.41) is 19.8. The normalized spacial score (nSPS) is 40.3. The van der Waals surface area contributed by atoms with Gasteiger partial charge in [0.15, 0.2) is 0 Å². The van der Waals surface area contributed by atoms with Crippen molar-refractivity contribution in [2.75, 3.05) is 19.8 Å². The van der Waals surface area contributed by atoms with Crippen molar-refractivity contribution in [2.24, 2.45) is 0 Å². The maximum atomic E-state index is 10.4. The Labute approximate surface area is 109 Å². The summed E-state index contributed by atoms with van der Waals surface area (Å²) in [6.45, 7) is 8.31. The predicted molar refractivity (Wildman–Crippen MR) is 67.3 cm³/mol. The molecule has 5 heteroatoms. The van der Waals surface area contributed by atoms with E-state index in [1.54, 1.807) is 0 Å². The fourth-order valence-corrected chi connectivity index (χ4v) is 2.98. The van der Waals surface area contributed by atoms with Gasteiger partial charge in [-0.15, -0.1) is 0 Å². The first-order valence-corrected chi connectivity index (χ1v) is 6.82. The van der Waals surface area contributed by atoms with Crippen molar-refractivity contribution in [3.05, 3.63) is 0 Å². The number of hydrogen-bond acceptors (Lipinski definition) is 5. The van der Waals surface area contributed by atoms with E-state index in [9.17, 15) is 10.2 Å². The van der Waals surface area contributed by atoms with E-state index in [1.807, 2.05) is 27.7 Å². The molecule has 1 fully saturated rings. The van der Waals surface area contributed by atoms with Crippen LogP contribution in [0.3, 0.4) is 0 Å². The molecule has 0 aromatic rings. The molecule has 1 aliphatic rings. The third-order valence-electron chi connectivity index (χ3n) is 3.77. The van der Waals surface area contributed by atoms with Crippen LogP contribution in [0, 0.1) is 0 Å². The molecule has 4 atom stereocenters. The van der Waals surface area contributed by atoms with Crippen molar-refractivity contribution in [1.82, 2.24) is 0 Å². The lowest BCUT2D eigenvalue weighted by Gasteiger charge is -2.43. The van der Waals surface area contributed by atoms with Crippen LogP contribution in [0.1, 0.15) is 40.5 Å². The van der Waals surface area contributed by atoms with Crippen LogP contribution in [-0.2, 0) is 14.2 Å². The van der Waals surface area contributed by atoms with Crippen molar-refractivity contribution in [3.63, 3.8) is 0 Å². The van der Waals surface area contributed by atoms with Crippen molar-refractivity contribution >= 4 is 0 Å². The molecule has 18 heavy (non-hydrogen) atoms. The second kappa shape index (κ2) is 6.30. The lowest BCUT2D eigenvalue weighted by Crippen LogP contribution is -2.59. The molecule has 2 N–H and O–H groups in total. The molecule has 0 amide bonds. The number of hydrogen-bond donors (Lipinski definition) is 2. The Kier molecular flexibility index (Phi) is 5.55. The Hall–Kier alpha value is -0.200. The molecule has 108 valence electrons. The van der Waals surface area contributed by atoms with Crippen molar-refractivity contribution in [2.45, 2.75) is 64.1 Å². The first-order valence-electron chi connectivity index (χ1n) is 6.82. The third-order valence-corrected chi connectivity index (χ3v) is 3.77. The zero-order valence-electron chi connectivity index (χ0n) is 11.8. The molecular weight excluding hydrogens is 236 g/mol. The smallest absolute Gasteiger partial charge is 0.200 e. The monoisotopic (exact) mass is 262 g/mol. The van der Waals surface area contributed by atoms with E-state index in [1.165, 1.54) is 0 Å². The van der Waals surface area contributed by atoms with Gasteiger partial charge in [-0.3, -0.25) is 0 Å². The largest absolute Gasteiger partial charge is 0.394 e.